The highest BCUT2D eigenvalue weighted by Gasteiger charge is 2.38. The molecule has 29 heavy (non-hydrogen) atoms. The Bertz CT molecular complexity index is 910. The second-order valence-corrected chi connectivity index (χ2v) is 9.20. The van der Waals surface area contributed by atoms with E-state index in [2.05, 4.69) is 23.5 Å². The molecule has 2 aliphatic heterocycles. The van der Waals surface area contributed by atoms with E-state index in [0.29, 0.717) is 19.3 Å². The van der Waals surface area contributed by atoms with Crippen LogP contribution in [0.15, 0.2) is 36.4 Å². The molecule has 4 rings (SSSR count). The maximum atomic E-state index is 12.7. The van der Waals surface area contributed by atoms with Crippen LogP contribution in [0.5, 0.6) is 5.75 Å². The standard InChI is InChI=1S/C23H28N2O3S/c1-28-20-7-6-17(18-4-2-3-5-19(18)20)16-23(10-8-21(26)24-23)11-9-22(27)25-12-14-29-15-13-25/h2-7H,8-16H2,1H3,(H,24,26). The van der Waals surface area contributed by atoms with Crippen LogP contribution in [0.4, 0.5) is 0 Å². The molecule has 0 saturated carbocycles. The molecule has 2 amide bonds. The van der Waals surface area contributed by atoms with Gasteiger partial charge in [0.25, 0.3) is 0 Å². The molecule has 1 unspecified atom stereocenters. The third kappa shape index (κ3) is 4.37. The fourth-order valence-electron chi connectivity index (χ4n) is 4.53. The second-order valence-electron chi connectivity index (χ2n) is 7.97. The van der Waals surface area contributed by atoms with Gasteiger partial charge in [-0.3, -0.25) is 9.59 Å². The van der Waals surface area contributed by atoms with Gasteiger partial charge >= 0.3 is 0 Å². The summed E-state index contributed by atoms with van der Waals surface area (Å²) in [5.74, 6) is 3.19. The van der Waals surface area contributed by atoms with E-state index in [1.807, 2.05) is 34.9 Å². The first-order chi connectivity index (χ1) is 14.1. The Morgan fingerprint density at radius 2 is 1.93 bits per heavy atom. The number of carbonyl (C=O) groups excluding carboxylic acids is 2. The van der Waals surface area contributed by atoms with Crippen LogP contribution in [0.25, 0.3) is 10.8 Å². The minimum Gasteiger partial charge on any atom is -0.496 e. The van der Waals surface area contributed by atoms with Crippen molar-refractivity contribution in [2.45, 2.75) is 37.6 Å². The zero-order valence-electron chi connectivity index (χ0n) is 16.9. The Hall–Kier alpha value is -2.21. The van der Waals surface area contributed by atoms with E-state index in [1.165, 1.54) is 5.56 Å². The van der Waals surface area contributed by atoms with Crippen molar-refractivity contribution in [2.24, 2.45) is 0 Å². The first-order valence-electron chi connectivity index (χ1n) is 10.3. The minimum atomic E-state index is -0.353. The lowest BCUT2D eigenvalue weighted by atomic mass is 9.83. The summed E-state index contributed by atoms with van der Waals surface area (Å²) < 4.78 is 5.52. The summed E-state index contributed by atoms with van der Waals surface area (Å²) in [5, 5.41) is 5.45. The molecule has 5 nitrogen and oxygen atoms in total. The van der Waals surface area contributed by atoms with Crippen LogP contribution in [0, 0.1) is 0 Å². The molecule has 2 aromatic carbocycles. The number of hydrogen-bond acceptors (Lipinski definition) is 4. The maximum Gasteiger partial charge on any atom is 0.222 e. The van der Waals surface area contributed by atoms with Crippen molar-refractivity contribution in [2.75, 3.05) is 31.7 Å². The van der Waals surface area contributed by atoms with Crippen LogP contribution in [-0.2, 0) is 16.0 Å². The third-order valence-corrected chi connectivity index (χ3v) is 7.08. The summed E-state index contributed by atoms with van der Waals surface area (Å²) in [4.78, 5) is 26.8. The number of methoxy groups -OCH3 is 1. The highest BCUT2D eigenvalue weighted by molar-refractivity contribution is 7.99. The van der Waals surface area contributed by atoms with Crippen molar-refractivity contribution >= 4 is 34.3 Å². The normalized spacial score (nSPS) is 22.0. The summed E-state index contributed by atoms with van der Waals surface area (Å²) in [5.41, 5.74) is 0.833. The second kappa shape index (κ2) is 8.66. The molecule has 0 aromatic heterocycles. The molecule has 0 radical (unpaired) electrons. The van der Waals surface area contributed by atoms with E-state index in [0.717, 1.165) is 54.0 Å². The molecule has 2 aromatic rings. The molecule has 0 bridgehead atoms. The molecule has 6 heteroatoms. The topological polar surface area (TPSA) is 58.6 Å². The molecule has 2 heterocycles. The van der Waals surface area contributed by atoms with E-state index >= 15 is 0 Å². The average Bonchev–Trinajstić information content (AvgIpc) is 3.13. The van der Waals surface area contributed by atoms with Crippen molar-refractivity contribution in [3.63, 3.8) is 0 Å². The van der Waals surface area contributed by atoms with Crippen molar-refractivity contribution in [1.82, 2.24) is 10.2 Å². The van der Waals surface area contributed by atoms with Gasteiger partial charge in [0.05, 0.1) is 7.11 Å². The number of fused-ring (bicyclic) bond motifs is 1. The van der Waals surface area contributed by atoms with E-state index < -0.39 is 0 Å². The van der Waals surface area contributed by atoms with E-state index in [-0.39, 0.29) is 17.4 Å². The molecular formula is C23H28N2O3S. The highest BCUT2D eigenvalue weighted by atomic mass is 32.2. The molecule has 2 fully saturated rings. The number of carbonyl (C=O) groups is 2. The first-order valence-corrected chi connectivity index (χ1v) is 11.5. The summed E-state index contributed by atoms with van der Waals surface area (Å²) in [6, 6.07) is 12.3. The van der Waals surface area contributed by atoms with Gasteiger partial charge in [0.2, 0.25) is 11.8 Å². The predicted octanol–water partition coefficient (Wildman–Crippen LogP) is 3.40. The lowest BCUT2D eigenvalue weighted by Crippen LogP contribution is -2.45. The van der Waals surface area contributed by atoms with Crippen molar-refractivity contribution in [3.05, 3.63) is 42.0 Å². The maximum absolute atomic E-state index is 12.7. The van der Waals surface area contributed by atoms with Crippen molar-refractivity contribution in [3.8, 4) is 5.75 Å². The summed E-state index contributed by atoms with van der Waals surface area (Å²) in [7, 11) is 1.69. The number of benzene rings is 2. The van der Waals surface area contributed by atoms with E-state index in [1.54, 1.807) is 7.11 Å². The number of hydrogen-bond donors (Lipinski definition) is 1. The SMILES string of the molecule is COc1ccc(CC2(CCC(=O)N3CCSCC3)CCC(=O)N2)c2ccccc12. The van der Waals surface area contributed by atoms with Crippen LogP contribution < -0.4 is 10.1 Å². The predicted molar refractivity (Wildman–Crippen MR) is 117 cm³/mol. The van der Waals surface area contributed by atoms with E-state index in [4.69, 9.17) is 4.74 Å². The van der Waals surface area contributed by atoms with Gasteiger partial charge in [-0.2, -0.15) is 11.8 Å². The Kier molecular flexibility index (Phi) is 5.99. The quantitative estimate of drug-likeness (QED) is 0.790. The summed E-state index contributed by atoms with van der Waals surface area (Å²) in [6.07, 6.45) is 3.20. The van der Waals surface area contributed by atoms with Crippen LogP contribution >= 0.6 is 11.8 Å². The first kappa shape index (κ1) is 20.1. The molecule has 0 aliphatic carbocycles. The average molecular weight is 413 g/mol. The Morgan fingerprint density at radius 3 is 2.62 bits per heavy atom. The Labute approximate surface area is 176 Å². The lowest BCUT2D eigenvalue weighted by molar-refractivity contribution is -0.131. The number of nitrogens with one attached hydrogen (secondary N) is 1. The number of nitrogens with zero attached hydrogens (tertiary/aromatic N) is 1. The Balaban J connectivity index is 1.55. The molecule has 154 valence electrons. The van der Waals surface area contributed by atoms with Crippen LogP contribution in [0.3, 0.4) is 0 Å². The molecule has 0 spiro atoms. The van der Waals surface area contributed by atoms with Gasteiger partial charge in [-0.15, -0.1) is 0 Å². The van der Waals surface area contributed by atoms with E-state index in [9.17, 15) is 9.59 Å². The van der Waals surface area contributed by atoms with Crippen molar-refractivity contribution in [1.29, 1.82) is 0 Å². The summed E-state index contributed by atoms with van der Waals surface area (Å²) in [6.45, 7) is 1.68. The molecular weight excluding hydrogens is 384 g/mol. The number of thioether (sulfide) groups is 1. The zero-order valence-corrected chi connectivity index (χ0v) is 17.7. The minimum absolute atomic E-state index is 0.0876. The zero-order chi connectivity index (χ0) is 20.3. The van der Waals surface area contributed by atoms with Crippen LogP contribution in [0.1, 0.15) is 31.2 Å². The monoisotopic (exact) mass is 412 g/mol. The number of ether oxygens (including phenoxy) is 1. The molecule has 1 atom stereocenters. The van der Waals surface area contributed by atoms with Crippen LogP contribution in [-0.4, -0.2) is 54.0 Å². The Morgan fingerprint density at radius 1 is 1.17 bits per heavy atom. The van der Waals surface area contributed by atoms with Gasteiger partial charge in [0.1, 0.15) is 5.75 Å². The van der Waals surface area contributed by atoms with Gasteiger partial charge in [-0.1, -0.05) is 30.3 Å². The van der Waals surface area contributed by atoms with Gasteiger partial charge in [-0.25, -0.2) is 0 Å². The van der Waals surface area contributed by atoms with Gasteiger partial charge in [-0.05, 0) is 36.3 Å². The summed E-state index contributed by atoms with van der Waals surface area (Å²) >= 11 is 1.90. The van der Waals surface area contributed by atoms with Gasteiger partial charge in [0.15, 0.2) is 0 Å². The largest absolute Gasteiger partial charge is 0.496 e. The molecule has 2 aliphatic rings. The highest BCUT2D eigenvalue weighted by Crippen LogP contribution is 2.35. The lowest BCUT2D eigenvalue weighted by Gasteiger charge is -2.32. The number of amides is 2. The fraction of sp³-hybridized carbons (Fsp3) is 0.478. The van der Waals surface area contributed by atoms with Gasteiger partial charge < -0.3 is 15.0 Å². The van der Waals surface area contributed by atoms with Crippen LogP contribution in [0.2, 0.25) is 0 Å². The fourth-order valence-corrected chi connectivity index (χ4v) is 5.43. The molecule has 2 saturated heterocycles. The van der Waals surface area contributed by atoms with Crippen molar-refractivity contribution < 1.29 is 14.3 Å². The smallest absolute Gasteiger partial charge is 0.222 e. The molecule has 1 N–H and O–H groups in total. The van der Waals surface area contributed by atoms with Gasteiger partial charge in [0, 0.05) is 48.4 Å². The number of rotatable bonds is 6. The third-order valence-electron chi connectivity index (χ3n) is 6.14.